The number of aryl methyl sites for hydroxylation is 2. The van der Waals surface area contributed by atoms with Gasteiger partial charge in [0.25, 0.3) is 0 Å². The van der Waals surface area contributed by atoms with Gasteiger partial charge in [-0.15, -0.1) is 0 Å². The summed E-state index contributed by atoms with van der Waals surface area (Å²) in [7, 11) is 0. The summed E-state index contributed by atoms with van der Waals surface area (Å²) in [5, 5.41) is 17.5. The van der Waals surface area contributed by atoms with Gasteiger partial charge in [0.05, 0.1) is 35.4 Å². The van der Waals surface area contributed by atoms with E-state index in [9.17, 15) is 0 Å². The molecule has 5 rings (SSSR count). The van der Waals surface area contributed by atoms with Gasteiger partial charge in [0.1, 0.15) is 0 Å². The van der Waals surface area contributed by atoms with E-state index in [1.807, 2.05) is 23.1 Å². The Balaban J connectivity index is 1.39. The zero-order valence-electron chi connectivity index (χ0n) is 19.0. The van der Waals surface area contributed by atoms with Crippen LogP contribution >= 0.6 is 0 Å². The van der Waals surface area contributed by atoms with Crippen LogP contribution in [-0.4, -0.2) is 75.3 Å². The summed E-state index contributed by atoms with van der Waals surface area (Å²) < 4.78 is 7.57. The van der Waals surface area contributed by atoms with Crippen molar-refractivity contribution in [3.8, 4) is 0 Å². The normalized spacial score (nSPS) is 18.4. The maximum Gasteiger partial charge on any atom is 0.160 e. The maximum absolute atomic E-state index is 5.58. The van der Waals surface area contributed by atoms with Crippen LogP contribution in [0.25, 0.3) is 11.0 Å². The van der Waals surface area contributed by atoms with E-state index in [-0.39, 0.29) is 0 Å². The molecule has 0 aliphatic carbocycles. The number of piperazine rings is 1. The third-order valence-corrected chi connectivity index (χ3v) is 6.65. The zero-order valence-corrected chi connectivity index (χ0v) is 19.0. The molecule has 3 aromatic heterocycles. The third kappa shape index (κ3) is 4.27. The Bertz CT molecular complexity index is 1040. The SMILES string of the molecule is CCn1ncc2c(NC3CCOCC3)c(CN3CCN(c4ccnnc4)CC3)c(C)nc21. The number of ether oxygens (including phenoxy) is 1. The highest BCUT2D eigenvalue weighted by atomic mass is 16.5. The Hall–Kier alpha value is -2.78. The van der Waals surface area contributed by atoms with Gasteiger partial charge >= 0.3 is 0 Å². The van der Waals surface area contributed by atoms with Gasteiger partial charge in [-0.05, 0) is 32.8 Å². The van der Waals surface area contributed by atoms with E-state index in [1.54, 1.807) is 6.20 Å². The number of nitrogens with zero attached hydrogens (tertiary/aromatic N) is 7. The molecule has 32 heavy (non-hydrogen) atoms. The van der Waals surface area contributed by atoms with E-state index < -0.39 is 0 Å². The zero-order chi connectivity index (χ0) is 21.9. The number of nitrogens with one attached hydrogen (secondary N) is 1. The van der Waals surface area contributed by atoms with Crippen molar-refractivity contribution in [3.63, 3.8) is 0 Å². The van der Waals surface area contributed by atoms with Crippen molar-refractivity contribution < 1.29 is 4.74 Å². The number of rotatable bonds is 6. The number of hydrogen-bond donors (Lipinski definition) is 1. The summed E-state index contributed by atoms with van der Waals surface area (Å²) in [5.74, 6) is 0. The molecule has 9 heteroatoms. The first-order valence-corrected chi connectivity index (χ1v) is 11.7. The van der Waals surface area contributed by atoms with Crippen molar-refractivity contribution in [2.45, 2.75) is 45.8 Å². The fraction of sp³-hybridized carbons (Fsp3) is 0.565. The molecule has 2 fully saturated rings. The lowest BCUT2D eigenvalue weighted by molar-refractivity contribution is 0.0904. The van der Waals surface area contributed by atoms with Gasteiger partial charge in [-0.1, -0.05) is 0 Å². The van der Waals surface area contributed by atoms with Crippen LogP contribution in [0.1, 0.15) is 31.0 Å². The molecular formula is C23H32N8O. The van der Waals surface area contributed by atoms with Crippen molar-refractivity contribution in [3.05, 3.63) is 35.9 Å². The quantitative estimate of drug-likeness (QED) is 0.631. The predicted molar refractivity (Wildman–Crippen MR) is 125 cm³/mol. The van der Waals surface area contributed by atoms with Crippen molar-refractivity contribution in [2.24, 2.45) is 0 Å². The molecule has 3 aromatic rings. The Morgan fingerprint density at radius 2 is 1.91 bits per heavy atom. The number of hydrogen-bond acceptors (Lipinski definition) is 8. The largest absolute Gasteiger partial charge is 0.381 e. The number of aromatic nitrogens is 5. The third-order valence-electron chi connectivity index (χ3n) is 6.65. The summed E-state index contributed by atoms with van der Waals surface area (Å²) in [6.07, 6.45) is 7.64. The van der Waals surface area contributed by atoms with Gasteiger partial charge in [-0.3, -0.25) is 4.90 Å². The smallest absolute Gasteiger partial charge is 0.160 e. The monoisotopic (exact) mass is 436 g/mol. The second-order valence-corrected chi connectivity index (χ2v) is 8.64. The van der Waals surface area contributed by atoms with E-state index in [1.165, 1.54) is 11.3 Å². The first-order valence-electron chi connectivity index (χ1n) is 11.7. The lowest BCUT2D eigenvalue weighted by Crippen LogP contribution is -2.46. The number of pyridine rings is 1. The van der Waals surface area contributed by atoms with E-state index in [4.69, 9.17) is 9.72 Å². The van der Waals surface area contributed by atoms with Crippen LogP contribution in [0, 0.1) is 6.92 Å². The van der Waals surface area contributed by atoms with Crippen LogP contribution in [0.5, 0.6) is 0 Å². The lowest BCUT2D eigenvalue weighted by atomic mass is 10.0. The highest BCUT2D eigenvalue weighted by molar-refractivity contribution is 5.91. The molecule has 0 unspecified atom stereocenters. The van der Waals surface area contributed by atoms with Crippen molar-refractivity contribution in [1.82, 2.24) is 29.9 Å². The Labute approximate surface area is 188 Å². The second kappa shape index (κ2) is 9.38. The highest BCUT2D eigenvalue weighted by Gasteiger charge is 2.24. The van der Waals surface area contributed by atoms with Crippen LogP contribution in [0.3, 0.4) is 0 Å². The average molecular weight is 437 g/mol. The molecule has 0 radical (unpaired) electrons. The van der Waals surface area contributed by atoms with Gasteiger partial charge in [-0.2, -0.15) is 15.3 Å². The summed E-state index contributed by atoms with van der Waals surface area (Å²) in [4.78, 5) is 9.88. The highest BCUT2D eigenvalue weighted by Crippen LogP contribution is 2.32. The summed E-state index contributed by atoms with van der Waals surface area (Å²) in [6.45, 7) is 11.6. The molecule has 2 saturated heterocycles. The summed E-state index contributed by atoms with van der Waals surface area (Å²) in [6, 6.07) is 2.46. The van der Waals surface area contributed by atoms with Crippen LogP contribution in [0.15, 0.2) is 24.7 Å². The van der Waals surface area contributed by atoms with Crippen LogP contribution in [-0.2, 0) is 17.8 Å². The van der Waals surface area contributed by atoms with Gasteiger partial charge in [0, 0.05) is 69.8 Å². The Morgan fingerprint density at radius 3 is 2.62 bits per heavy atom. The molecule has 2 aliphatic heterocycles. The van der Waals surface area contributed by atoms with Gasteiger partial charge in [-0.25, -0.2) is 9.67 Å². The second-order valence-electron chi connectivity index (χ2n) is 8.64. The molecule has 0 bridgehead atoms. The van der Waals surface area contributed by atoms with Gasteiger partial charge in [0.15, 0.2) is 5.65 Å². The van der Waals surface area contributed by atoms with Crippen molar-refractivity contribution >= 4 is 22.4 Å². The first-order chi connectivity index (χ1) is 15.7. The molecule has 0 aromatic carbocycles. The number of fused-ring (bicyclic) bond motifs is 1. The molecule has 170 valence electrons. The average Bonchev–Trinajstić information content (AvgIpc) is 3.25. The number of anilines is 2. The molecule has 2 aliphatic rings. The fourth-order valence-electron chi connectivity index (χ4n) is 4.74. The van der Waals surface area contributed by atoms with Crippen LogP contribution < -0.4 is 10.2 Å². The minimum absolute atomic E-state index is 0.425. The van der Waals surface area contributed by atoms with E-state index in [2.05, 4.69) is 44.3 Å². The fourth-order valence-corrected chi connectivity index (χ4v) is 4.74. The molecule has 0 atom stereocenters. The molecule has 0 saturated carbocycles. The minimum atomic E-state index is 0.425. The Morgan fingerprint density at radius 1 is 1.09 bits per heavy atom. The van der Waals surface area contributed by atoms with E-state index >= 15 is 0 Å². The van der Waals surface area contributed by atoms with E-state index in [0.29, 0.717) is 6.04 Å². The maximum atomic E-state index is 5.58. The topological polar surface area (TPSA) is 84.2 Å². The molecule has 1 N–H and O–H groups in total. The van der Waals surface area contributed by atoms with Gasteiger partial charge in [0.2, 0.25) is 0 Å². The first kappa shape index (κ1) is 21.1. The van der Waals surface area contributed by atoms with Crippen molar-refractivity contribution in [2.75, 3.05) is 49.6 Å². The van der Waals surface area contributed by atoms with Crippen LogP contribution in [0.2, 0.25) is 0 Å². The van der Waals surface area contributed by atoms with Crippen molar-refractivity contribution in [1.29, 1.82) is 0 Å². The molecule has 0 amide bonds. The van der Waals surface area contributed by atoms with Crippen LogP contribution in [0.4, 0.5) is 11.4 Å². The summed E-state index contributed by atoms with van der Waals surface area (Å²) >= 11 is 0. The molecule has 9 nitrogen and oxygen atoms in total. The molecule has 5 heterocycles. The minimum Gasteiger partial charge on any atom is -0.381 e. The predicted octanol–water partition coefficient (Wildman–Crippen LogP) is 2.46. The Kier molecular flexibility index (Phi) is 6.18. The standard InChI is InChI=1S/C23H32N8O/c1-3-31-23-20(15-26-31)22(28-18-5-12-32-13-6-18)21(17(2)27-23)16-29-8-10-30(11-9-29)19-4-7-24-25-14-19/h4,7,14-15,18H,3,5-6,8-13,16H2,1-2H3,(H,27,28). The van der Waals surface area contributed by atoms with E-state index in [0.717, 1.165) is 87.7 Å². The van der Waals surface area contributed by atoms with Gasteiger partial charge < -0.3 is 15.0 Å². The lowest BCUT2D eigenvalue weighted by Gasteiger charge is -2.36. The molecule has 0 spiro atoms. The summed E-state index contributed by atoms with van der Waals surface area (Å²) in [5.41, 5.74) is 5.70. The molecular weight excluding hydrogens is 404 g/mol.